The maximum atomic E-state index is 11.5. The van der Waals surface area contributed by atoms with Crippen LogP contribution in [0.4, 0.5) is 0 Å². The number of rotatable bonds is 5. The third kappa shape index (κ3) is 4.11. The van der Waals surface area contributed by atoms with Gasteiger partial charge in [-0.3, -0.25) is 0 Å². The first kappa shape index (κ1) is 16.0. The van der Waals surface area contributed by atoms with Crippen molar-refractivity contribution in [2.24, 2.45) is 4.99 Å². The number of benzene rings is 1. The molecule has 0 spiro atoms. The second-order valence-electron chi connectivity index (χ2n) is 5.65. The minimum absolute atomic E-state index is 0.245. The monoisotopic (exact) mass is 334 g/mol. The fourth-order valence-electron chi connectivity index (χ4n) is 2.53. The molecule has 23 heavy (non-hydrogen) atoms. The molecule has 1 atom stereocenters. The van der Waals surface area contributed by atoms with Gasteiger partial charge < -0.3 is 15.4 Å². The van der Waals surface area contributed by atoms with Crippen LogP contribution in [0.2, 0.25) is 0 Å². The SMILES string of the molecule is CS(=O)(=O)c1ccc(C2=NC(NC[C@H]3CCCO3)=CN[CH]2)cc1. The molecule has 2 aliphatic heterocycles. The van der Waals surface area contributed by atoms with Gasteiger partial charge in [-0.15, -0.1) is 0 Å². The van der Waals surface area contributed by atoms with Crippen LogP contribution in [0.15, 0.2) is 46.2 Å². The van der Waals surface area contributed by atoms with Crippen molar-refractivity contribution < 1.29 is 13.2 Å². The minimum Gasteiger partial charge on any atom is -0.377 e. The molecule has 0 aliphatic carbocycles. The first-order valence-electron chi connectivity index (χ1n) is 7.56. The lowest BCUT2D eigenvalue weighted by molar-refractivity contribution is 0.112. The van der Waals surface area contributed by atoms with Crippen molar-refractivity contribution in [2.75, 3.05) is 19.4 Å². The highest BCUT2D eigenvalue weighted by Gasteiger charge is 2.16. The van der Waals surface area contributed by atoms with Crippen LogP contribution in [0, 0.1) is 6.54 Å². The molecule has 2 N–H and O–H groups in total. The molecular weight excluding hydrogens is 314 g/mol. The van der Waals surface area contributed by atoms with E-state index in [2.05, 4.69) is 15.6 Å². The minimum atomic E-state index is -3.18. The van der Waals surface area contributed by atoms with Gasteiger partial charge in [0.1, 0.15) is 5.82 Å². The van der Waals surface area contributed by atoms with Gasteiger partial charge in [-0.25, -0.2) is 13.4 Å². The van der Waals surface area contributed by atoms with E-state index in [0.717, 1.165) is 43.1 Å². The van der Waals surface area contributed by atoms with Crippen molar-refractivity contribution in [3.05, 3.63) is 48.4 Å². The Kier molecular flexibility index (Phi) is 4.68. The molecular formula is C16H20N3O3S. The molecule has 6 nitrogen and oxygen atoms in total. The number of hydrogen-bond acceptors (Lipinski definition) is 6. The molecule has 1 radical (unpaired) electrons. The van der Waals surface area contributed by atoms with Crippen LogP contribution >= 0.6 is 0 Å². The second-order valence-corrected chi connectivity index (χ2v) is 7.67. The van der Waals surface area contributed by atoms with Gasteiger partial charge in [-0.1, -0.05) is 12.1 Å². The van der Waals surface area contributed by atoms with Crippen molar-refractivity contribution in [2.45, 2.75) is 23.8 Å². The molecule has 3 rings (SSSR count). The van der Waals surface area contributed by atoms with Gasteiger partial charge in [0.2, 0.25) is 0 Å². The molecule has 0 aromatic heterocycles. The van der Waals surface area contributed by atoms with Gasteiger partial charge in [0.15, 0.2) is 9.84 Å². The Morgan fingerprint density at radius 2 is 2.13 bits per heavy atom. The van der Waals surface area contributed by atoms with Crippen LogP contribution in [-0.2, 0) is 14.6 Å². The Morgan fingerprint density at radius 3 is 2.78 bits per heavy atom. The van der Waals surface area contributed by atoms with Crippen LogP contribution in [0.5, 0.6) is 0 Å². The van der Waals surface area contributed by atoms with Crippen molar-refractivity contribution in [3.8, 4) is 0 Å². The van der Waals surface area contributed by atoms with Gasteiger partial charge in [-0.05, 0) is 30.5 Å². The molecule has 123 valence electrons. The molecule has 0 unspecified atom stereocenters. The van der Waals surface area contributed by atoms with E-state index in [-0.39, 0.29) is 6.10 Å². The van der Waals surface area contributed by atoms with Crippen LogP contribution in [0.1, 0.15) is 18.4 Å². The van der Waals surface area contributed by atoms with Crippen LogP contribution in [0.3, 0.4) is 0 Å². The fourth-order valence-corrected chi connectivity index (χ4v) is 3.16. The van der Waals surface area contributed by atoms with Gasteiger partial charge in [-0.2, -0.15) is 0 Å². The maximum Gasteiger partial charge on any atom is 0.175 e. The van der Waals surface area contributed by atoms with Crippen molar-refractivity contribution in [1.29, 1.82) is 0 Å². The molecule has 0 bridgehead atoms. The maximum absolute atomic E-state index is 11.5. The summed E-state index contributed by atoms with van der Waals surface area (Å²) < 4.78 is 28.6. The normalized spacial score (nSPS) is 21.3. The summed E-state index contributed by atoms with van der Waals surface area (Å²) in [6.45, 7) is 3.35. The summed E-state index contributed by atoms with van der Waals surface area (Å²) in [6, 6.07) is 6.71. The van der Waals surface area contributed by atoms with E-state index in [0.29, 0.717) is 4.90 Å². The molecule has 1 aromatic carbocycles. The summed E-state index contributed by atoms with van der Waals surface area (Å²) in [6.07, 6.45) is 5.42. The lowest BCUT2D eigenvalue weighted by Gasteiger charge is -2.17. The molecule has 0 saturated carbocycles. The Labute approximate surface area is 136 Å². The van der Waals surface area contributed by atoms with E-state index < -0.39 is 9.84 Å². The highest BCUT2D eigenvalue weighted by molar-refractivity contribution is 7.90. The Balaban J connectivity index is 1.68. The molecule has 1 aromatic rings. The van der Waals surface area contributed by atoms with Gasteiger partial charge in [0.25, 0.3) is 0 Å². The van der Waals surface area contributed by atoms with E-state index in [9.17, 15) is 8.42 Å². The van der Waals surface area contributed by atoms with Crippen LogP contribution < -0.4 is 10.6 Å². The lowest BCUT2D eigenvalue weighted by Crippen LogP contribution is -2.29. The number of ether oxygens (including phenoxy) is 1. The van der Waals surface area contributed by atoms with E-state index >= 15 is 0 Å². The molecule has 0 amide bonds. The second kappa shape index (κ2) is 6.72. The van der Waals surface area contributed by atoms with E-state index in [4.69, 9.17) is 4.74 Å². The topological polar surface area (TPSA) is 79.8 Å². The zero-order valence-electron chi connectivity index (χ0n) is 13.0. The zero-order chi connectivity index (χ0) is 16.3. The largest absolute Gasteiger partial charge is 0.377 e. The first-order valence-corrected chi connectivity index (χ1v) is 9.45. The van der Waals surface area contributed by atoms with Crippen LogP contribution in [0.25, 0.3) is 0 Å². The Bertz CT molecular complexity index is 717. The molecule has 7 heteroatoms. The summed E-state index contributed by atoms with van der Waals surface area (Å²) in [5, 5.41) is 6.33. The fraction of sp³-hybridized carbons (Fsp3) is 0.375. The number of nitrogens with one attached hydrogen (secondary N) is 2. The quantitative estimate of drug-likeness (QED) is 0.846. The molecule has 2 aliphatic rings. The number of sulfone groups is 1. The summed E-state index contributed by atoms with van der Waals surface area (Å²) in [7, 11) is -3.18. The third-order valence-corrected chi connectivity index (χ3v) is 4.92. The van der Waals surface area contributed by atoms with E-state index in [1.54, 1.807) is 37.0 Å². The predicted molar refractivity (Wildman–Crippen MR) is 88.6 cm³/mol. The molecule has 1 saturated heterocycles. The summed E-state index contributed by atoms with van der Waals surface area (Å²) in [4.78, 5) is 4.85. The Morgan fingerprint density at radius 1 is 1.35 bits per heavy atom. The predicted octanol–water partition coefficient (Wildman–Crippen LogP) is 1.21. The highest BCUT2D eigenvalue weighted by atomic mass is 32.2. The number of hydrogen-bond donors (Lipinski definition) is 2. The van der Waals surface area contributed by atoms with Gasteiger partial charge in [0.05, 0.1) is 23.3 Å². The average molecular weight is 334 g/mol. The number of aliphatic imine (C=N–C) groups is 1. The molecule has 2 heterocycles. The van der Waals surface area contributed by atoms with Crippen molar-refractivity contribution in [3.63, 3.8) is 0 Å². The lowest BCUT2D eigenvalue weighted by atomic mass is 10.1. The zero-order valence-corrected chi connectivity index (χ0v) is 13.8. The standard InChI is InChI=1S/C16H20N3O3S/c1-23(20,21)14-6-4-12(5-7-14)15-10-17-11-16(19-15)18-9-13-3-2-8-22-13/h4-7,10-11,13,17-18H,2-3,8-9H2,1H3/t13-/m1/s1. The third-order valence-electron chi connectivity index (χ3n) is 3.79. The van der Waals surface area contributed by atoms with Gasteiger partial charge in [0, 0.05) is 25.6 Å². The van der Waals surface area contributed by atoms with E-state index in [1.807, 2.05) is 0 Å². The van der Waals surface area contributed by atoms with Gasteiger partial charge >= 0.3 is 0 Å². The summed E-state index contributed by atoms with van der Waals surface area (Å²) in [5.41, 5.74) is 1.61. The smallest absolute Gasteiger partial charge is 0.175 e. The van der Waals surface area contributed by atoms with Crippen molar-refractivity contribution >= 4 is 15.5 Å². The average Bonchev–Trinajstić information content (AvgIpc) is 3.06. The Hall–Kier alpha value is -1.86. The number of nitrogens with zero attached hydrogens (tertiary/aromatic N) is 1. The summed E-state index contributed by atoms with van der Waals surface area (Å²) in [5.74, 6) is 0.741. The van der Waals surface area contributed by atoms with Crippen molar-refractivity contribution in [1.82, 2.24) is 10.6 Å². The summed E-state index contributed by atoms with van der Waals surface area (Å²) >= 11 is 0. The first-order chi connectivity index (χ1) is 11.0. The van der Waals surface area contributed by atoms with E-state index in [1.165, 1.54) is 6.26 Å². The highest BCUT2D eigenvalue weighted by Crippen LogP contribution is 2.15. The van der Waals surface area contributed by atoms with Crippen LogP contribution in [-0.4, -0.2) is 39.6 Å². The molecule has 1 fully saturated rings.